The summed E-state index contributed by atoms with van der Waals surface area (Å²) in [6, 6.07) is 9.72. The molecule has 1 aromatic heterocycles. The van der Waals surface area contributed by atoms with E-state index in [-0.39, 0.29) is 0 Å². The smallest absolute Gasteiger partial charge is 0.161 e. The van der Waals surface area contributed by atoms with Crippen molar-refractivity contribution in [3.63, 3.8) is 0 Å². The number of nitrogens with zero attached hydrogens (tertiary/aromatic N) is 3. The zero-order chi connectivity index (χ0) is 11.5. The second kappa shape index (κ2) is 4.18. The standard InChI is InChI=1S/C12H14N4/c1-16(2)10-5-3-9(4-6-10)12-14-8-7-11(13)15-12/h3-8H,1-2H3,(H2,13,14,15). The summed E-state index contributed by atoms with van der Waals surface area (Å²) in [5.74, 6) is 1.15. The van der Waals surface area contributed by atoms with Crippen molar-refractivity contribution in [3.8, 4) is 11.4 Å². The topological polar surface area (TPSA) is 55.0 Å². The van der Waals surface area contributed by atoms with Crippen LogP contribution in [0.25, 0.3) is 11.4 Å². The third kappa shape index (κ3) is 2.11. The first-order valence-electron chi connectivity index (χ1n) is 5.03. The maximum absolute atomic E-state index is 5.61. The molecule has 0 aliphatic carbocycles. The van der Waals surface area contributed by atoms with E-state index in [4.69, 9.17) is 5.73 Å². The minimum absolute atomic E-state index is 0.488. The van der Waals surface area contributed by atoms with Crippen LogP contribution in [0.3, 0.4) is 0 Å². The fourth-order valence-electron chi connectivity index (χ4n) is 1.42. The summed E-state index contributed by atoms with van der Waals surface area (Å²) in [4.78, 5) is 10.4. The molecule has 0 aliphatic rings. The number of nitrogen functional groups attached to an aromatic ring is 1. The second-order valence-electron chi connectivity index (χ2n) is 3.75. The molecule has 2 N–H and O–H groups in total. The Morgan fingerprint density at radius 1 is 1.06 bits per heavy atom. The molecule has 0 atom stereocenters. The monoisotopic (exact) mass is 214 g/mol. The molecule has 1 heterocycles. The lowest BCUT2D eigenvalue weighted by atomic mass is 10.2. The van der Waals surface area contributed by atoms with Gasteiger partial charge in [0.25, 0.3) is 0 Å². The quantitative estimate of drug-likeness (QED) is 0.828. The maximum Gasteiger partial charge on any atom is 0.161 e. The van der Waals surface area contributed by atoms with E-state index >= 15 is 0 Å². The third-order valence-corrected chi connectivity index (χ3v) is 2.32. The van der Waals surface area contributed by atoms with E-state index in [2.05, 4.69) is 9.97 Å². The molecule has 16 heavy (non-hydrogen) atoms. The van der Waals surface area contributed by atoms with Gasteiger partial charge in [-0.2, -0.15) is 0 Å². The number of hydrogen-bond donors (Lipinski definition) is 1. The first-order chi connectivity index (χ1) is 7.66. The van der Waals surface area contributed by atoms with E-state index in [0.29, 0.717) is 11.6 Å². The predicted molar refractivity (Wildman–Crippen MR) is 66.2 cm³/mol. The van der Waals surface area contributed by atoms with Crippen molar-refractivity contribution in [1.82, 2.24) is 9.97 Å². The van der Waals surface area contributed by atoms with Crippen LogP contribution in [0.15, 0.2) is 36.5 Å². The first-order valence-corrected chi connectivity index (χ1v) is 5.03. The van der Waals surface area contributed by atoms with Gasteiger partial charge in [0.1, 0.15) is 5.82 Å². The van der Waals surface area contributed by atoms with E-state index in [9.17, 15) is 0 Å². The SMILES string of the molecule is CN(C)c1ccc(-c2nccc(N)n2)cc1. The number of anilines is 2. The second-order valence-corrected chi connectivity index (χ2v) is 3.75. The number of hydrogen-bond acceptors (Lipinski definition) is 4. The largest absolute Gasteiger partial charge is 0.384 e. The summed E-state index contributed by atoms with van der Waals surface area (Å²) in [7, 11) is 4.01. The van der Waals surface area contributed by atoms with Gasteiger partial charge in [-0.15, -0.1) is 0 Å². The Balaban J connectivity index is 2.35. The Morgan fingerprint density at radius 3 is 2.31 bits per heavy atom. The van der Waals surface area contributed by atoms with Crippen molar-refractivity contribution in [2.24, 2.45) is 0 Å². The average Bonchev–Trinajstić information content (AvgIpc) is 2.29. The van der Waals surface area contributed by atoms with E-state index in [1.807, 2.05) is 43.3 Å². The van der Waals surface area contributed by atoms with Gasteiger partial charge in [-0.3, -0.25) is 0 Å². The number of nitrogens with two attached hydrogens (primary N) is 1. The fourth-order valence-corrected chi connectivity index (χ4v) is 1.42. The van der Waals surface area contributed by atoms with Gasteiger partial charge >= 0.3 is 0 Å². The van der Waals surface area contributed by atoms with Crippen molar-refractivity contribution in [2.75, 3.05) is 24.7 Å². The van der Waals surface area contributed by atoms with E-state index < -0.39 is 0 Å². The normalized spacial score (nSPS) is 10.1. The molecule has 82 valence electrons. The van der Waals surface area contributed by atoms with E-state index in [0.717, 1.165) is 11.3 Å². The highest BCUT2D eigenvalue weighted by Crippen LogP contribution is 2.19. The van der Waals surface area contributed by atoms with Crippen molar-refractivity contribution in [3.05, 3.63) is 36.5 Å². The van der Waals surface area contributed by atoms with Gasteiger partial charge in [0.15, 0.2) is 5.82 Å². The molecule has 2 rings (SSSR count). The molecule has 1 aromatic carbocycles. The van der Waals surface area contributed by atoms with Crippen LogP contribution in [0.1, 0.15) is 0 Å². The fraction of sp³-hybridized carbons (Fsp3) is 0.167. The van der Waals surface area contributed by atoms with Crippen molar-refractivity contribution in [2.45, 2.75) is 0 Å². The van der Waals surface area contributed by atoms with Gasteiger partial charge in [0, 0.05) is 31.5 Å². The molecule has 0 saturated heterocycles. The zero-order valence-corrected chi connectivity index (χ0v) is 9.38. The highest BCUT2D eigenvalue weighted by Gasteiger charge is 2.01. The number of aromatic nitrogens is 2. The van der Waals surface area contributed by atoms with Gasteiger partial charge in [0.2, 0.25) is 0 Å². The summed E-state index contributed by atoms with van der Waals surface area (Å²) in [5.41, 5.74) is 7.73. The summed E-state index contributed by atoms with van der Waals surface area (Å²) >= 11 is 0. The molecule has 0 amide bonds. The van der Waals surface area contributed by atoms with Gasteiger partial charge in [0.05, 0.1) is 0 Å². The molecule has 0 aliphatic heterocycles. The van der Waals surface area contributed by atoms with Gasteiger partial charge in [-0.25, -0.2) is 9.97 Å². The Bertz CT molecular complexity index is 477. The van der Waals surface area contributed by atoms with Gasteiger partial charge < -0.3 is 10.6 Å². The molecule has 4 nitrogen and oxygen atoms in total. The van der Waals surface area contributed by atoms with Crippen LogP contribution in [0.5, 0.6) is 0 Å². The molecule has 2 aromatic rings. The average molecular weight is 214 g/mol. The molecule has 0 bridgehead atoms. The minimum Gasteiger partial charge on any atom is -0.384 e. The Kier molecular flexibility index (Phi) is 2.72. The molecule has 0 radical (unpaired) electrons. The third-order valence-electron chi connectivity index (χ3n) is 2.32. The maximum atomic E-state index is 5.61. The molecule has 0 fully saturated rings. The summed E-state index contributed by atoms with van der Waals surface area (Å²) in [6.07, 6.45) is 1.66. The highest BCUT2D eigenvalue weighted by molar-refractivity contribution is 5.60. The zero-order valence-electron chi connectivity index (χ0n) is 9.38. The van der Waals surface area contributed by atoms with E-state index in [1.165, 1.54) is 0 Å². The Morgan fingerprint density at radius 2 is 1.75 bits per heavy atom. The Labute approximate surface area is 94.8 Å². The van der Waals surface area contributed by atoms with Gasteiger partial charge in [-0.05, 0) is 30.3 Å². The van der Waals surface area contributed by atoms with Crippen LogP contribution < -0.4 is 10.6 Å². The molecule has 0 unspecified atom stereocenters. The summed E-state index contributed by atoms with van der Waals surface area (Å²) < 4.78 is 0. The number of benzene rings is 1. The van der Waals surface area contributed by atoms with Crippen LogP contribution in [0, 0.1) is 0 Å². The van der Waals surface area contributed by atoms with E-state index in [1.54, 1.807) is 12.3 Å². The van der Waals surface area contributed by atoms with Crippen molar-refractivity contribution in [1.29, 1.82) is 0 Å². The van der Waals surface area contributed by atoms with Crippen molar-refractivity contribution >= 4 is 11.5 Å². The molecule has 0 saturated carbocycles. The minimum atomic E-state index is 0.488. The first kappa shape index (κ1) is 10.4. The van der Waals surface area contributed by atoms with Gasteiger partial charge in [-0.1, -0.05) is 0 Å². The lowest BCUT2D eigenvalue weighted by Crippen LogP contribution is -2.08. The summed E-state index contributed by atoms with van der Waals surface area (Å²) in [5, 5.41) is 0. The lowest BCUT2D eigenvalue weighted by molar-refractivity contribution is 1.13. The molecular formula is C12H14N4. The molecule has 0 spiro atoms. The number of rotatable bonds is 2. The lowest BCUT2D eigenvalue weighted by Gasteiger charge is -2.12. The highest BCUT2D eigenvalue weighted by atomic mass is 15.1. The van der Waals surface area contributed by atoms with Crippen LogP contribution >= 0.6 is 0 Å². The predicted octanol–water partition coefficient (Wildman–Crippen LogP) is 1.79. The van der Waals surface area contributed by atoms with Crippen LogP contribution in [-0.2, 0) is 0 Å². The summed E-state index contributed by atoms with van der Waals surface area (Å²) in [6.45, 7) is 0. The van der Waals surface area contributed by atoms with Crippen LogP contribution in [0.4, 0.5) is 11.5 Å². The van der Waals surface area contributed by atoms with Crippen LogP contribution in [0.2, 0.25) is 0 Å². The molecular weight excluding hydrogens is 200 g/mol. The molecule has 4 heteroatoms. The Hall–Kier alpha value is -2.10. The van der Waals surface area contributed by atoms with Crippen LogP contribution in [-0.4, -0.2) is 24.1 Å². The van der Waals surface area contributed by atoms with Crippen molar-refractivity contribution < 1.29 is 0 Å².